The van der Waals surface area contributed by atoms with E-state index >= 15 is 0 Å². The smallest absolute Gasteiger partial charge is 0.316 e. The summed E-state index contributed by atoms with van der Waals surface area (Å²) in [6.07, 6.45) is 0.941. The summed E-state index contributed by atoms with van der Waals surface area (Å²) in [5.41, 5.74) is 0.259. The van der Waals surface area contributed by atoms with Crippen LogP contribution in [0.15, 0.2) is 24.3 Å². The Bertz CT molecular complexity index is 717. The van der Waals surface area contributed by atoms with Gasteiger partial charge in [0.1, 0.15) is 0 Å². The lowest BCUT2D eigenvalue weighted by Crippen LogP contribution is -2.13. The molecule has 0 radical (unpaired) electrons. The molecule has 1 aliphatic carbocycles. The van der Waals surface area contributed by atoms with E-state index in [1.54, 1.807) is 0 Å². The summed E-state index contributed by atoms with van der Waals surface area (Å²) in [5, 5.41) is 0.0704. The molecule has 0 spiro atoms. The Morgan fingerprint density at radius 1 is 1.29 bits per heavy atom. The first kappa shape index (κ1) is 13.9. The number of nitrogens with zero attached hydrogens (tertiary/aromatic N) is 1. The Morgan fingerprint density at radius 3 is 2.71 bits per heavy atom. The van der Waals surface area contributed by atoms with E-state index in [1.165, 1.54) is 18.2 Å². The van der Waals surface area contributed by atoms with Crippen molar-refractivity contribution in [1.29, 1.82) is 0 Å². The Balaban J connectivity index is 1.82. The van der Waals surface area contributed by atoms with E-state index in [0.29, 0.717) is 11.8 Å². The molecule has 3 rings (SSSR count). The highest BCUT2D eigenvalue weighted by Crippen LogP contribution is 2.48. The van der Waals surface area contributed by atoms with Gasteiger partial charge in [-0.2, -0.15) is 0 Å². The second kappa shape index (κ2) is 5.06. The maximum Gasteiger partial charge on any atom is 0.316 e. The third-order valence-electron chi connectivity index (χ3n) is 4.24. The van der Waals surface area contributed by atoms with Gasteiger partial charge in [0.2, 0.25) is 5.88 Å². The van der Waals surface area contributed by atoms with Crippen LogP contribution in [0.5, 0.6) is 5.88 Å². The zero-order valence-corrected chi connectivity index (χ0v) is 11.8. The van der Waals surface area contributed by atoms with Crippen LogP contribution in [0.25, 0.3) is 10.9 Å². The van der Waals surface area contributed by atoms with Crippen LogP contribution in [0, 0.1) is 29.4 Å². The van der Waals surface area contributed by atoms with E-state index in [0.717, 1.165) is 12.5 Å². The summed E-state index contributed by atoms with van der Waals surface area (Å²) in [6.45, 7) is 4.06. The van der Waals surface area contributed by atoms with Crippen LogP contribution in [0.2, 0.25) is 0 Å². The van der Waals surface area contributed by atoms with Crippen LogP contribution >= 0.6 is 0 Å². The summed E-state index contributed by atoms with van der Waals surface area (Å²) < 4.78 is 31.9. The summed E-state index contributed by atoms with van der Waals surface area (Å²) in [6, 6.07) is 5.12. The first-order valence-corrected chi connectivity index (χ1v) is 6.99. The molecule has 1 fully saturated rings. The zero-order chi connectivity index (χ0) is 15.1. The van der Waals surface area contributed by atoms with Crippen molar-refractivity contribution < 1.29 is 18.3 Å². The predicted molar refractivity (Wildman–Crippen MR) is 73.7 cm³/mol. The number of benzene rings is 1. The van der Waals surface area contributed by atoms with Crippen LogP contribution in [-0.4, -0.2) is 11.0 Å². The van der Waals surface area contributed by atoms with Crippen LogP contribution in [0.4, 0.5) is 8.78 Å². The molecule has 21 heavy (non-hydrogen) atoms. The van der Waals surface area contributed by atoms with Crippen LogP contribution in [-0.2, 0) is 4.79 Å². The number of aromatic nitrogens is 1. The Kier molecular flexibility index (Phi) is 3.35. The van der Waals surface area contributed by atoms with Gasteiger partial charge in [-0.25, -0.2) is 13.8 Å². The molecule has 110 valence electrons. The minimum atomic E-state index is -0.945. The van der Waals surface area contributed by atoms with Gasteiger partial charge in [-0.1, -0.05) is 20.3 Å². The Hall–Kier alpha value is -2.04. The highest BCUT2D eigenvalue weighted by molar-refractivity contribution is 5.82. The summed E-state index contributed by atoms with van der Waals surface area (Å²) in [5.74, 6) is -1.45. The van der Waals surface area contributed by atoms with Gasteiger partial charge in [0, 0.05) is 11.5 Å². The van der Waals surface area contributed by atoms with Crippen molar-refractivity contribution in [2.45, 2.75) is 20.3 Å². The highest BCUT2D eigenvalue weighted by atomic mass is 19.2. The lowest BCUT2D eigenvalue weighted by atomic mass is 10.2. The van der Waals surface area contributed by atoms with E-state index in [-0.39, 0.29) is 28.7 Å². The molecule has 1 aliphatic rings. The molecule has 1 aromatic carbocycles. The van der Waals surface area contributed by atoms with Gasteiger partial charge in [0.25, 0.3) is 0 Å². The molecule has 3 nitrogen and oxygen atoms in total. The van der Waals surface area contributed by atoms with Gasteiger partial charge in [0.05, 0.1) is 11.4 Å². The number of hydrogen-bond donors (Lipinski definition) is 0. The molecule has 0 aliphatic heterocycles. The fourth-order valence-electron chi connectivity index (χ4n) is 2.91. The number of hydrogen-bond acceptors (Lipinski definition) is 3. The predicted octanol–water partition coefficient (Wildman–Crippen LogP) is 3.71. The van der Waals surface area contributed by atoms with Crippen LogP contribution in [0.1, 0.15) is 20.3 Å². The van der Waals surface area contributed by atoms with Crippen LogP contribution in [0.3, 0.4) is 0 Å². The third-order valence-corrected chi connectivity index (χ3v) is 4.24. The second-order valence-electron chi connectivity index (χ2n) is 5.46. The molecule has 1 aromatic heterocycles. The number of halogens is 2. The third kappa shape index (κ3) is 2.37. The highest BCUT2D eigenvalue weighted by Gasteiger charge is 2.51. The molecule has 3 atom stereocenters. The molecular weight excluding hydrogens is 276 g/mol. The minimum Gasteiger partial charge on any atom is -0.407 e. The number of fused-ring (bicyclic) bond motifs is 1. The van der Waals surface area contributed by atoms with Crippen molar-refractivity contribution in [3.05, 3.63) is 35.9 Å². The van der Waals surface area contributed by atoms with Crippen molar-refractivity contribution >= 4 is 16.9 Å². The lowest BCUT2D eigenvalue weighted by molar-refractivity contribution is -0.136. The summed E-state index contributed by atoms with van der Waals surface area (Å²) >= 11 is 0. The largest absolute Gasteiger partial charge is 0.407 e. The zero-order valence-electron chi connectivity index (χ0n) is 11.8. The summed E-state index contributed by atoms with van der Waals surface area (Å²) in [4.78, 5) is 16.1. The van der Waals surface area contributed by atoms with Crippen molar-refractivity contribution in [1.82, 2.24) is 4.98 Å². The molecule has 0 N–H and O–H groups in total. The molecule has 1 heterocycles. The first-order valence-electron chi connectivity index (χ1n) is 6.99. The first-order chi connectivity index (χ1) is 10.0. The maximum absolute atomic E-state index is 13.6. The number of rotatable bonds is 3. The van der Waals surface area contributed by atoms with E-state index in [2.05, 4.69) is 4.98 Å². The molecule has 5 heteroatoms. The van der Waals surface area contributed by atoms with Crippen LogP contribution < -0.4 is 4.74 Å². The van der Waals surface area contributed by atoms with Gasteiger partial charge in [0.15, 0.2) is 11.6 Å². The number of carbonyl (C=O) groups excluding carboxylic acids is 1. The van der Waals surface area contributed by atoms with Gasteiger partial charge < -0.3 is 4.74 Å². The number of ether oxygens (including phenoxy) is 1. The topological polar surface area (TPSA) is 39.2 Å². The fourth-order valence-corrected chi connectivity index (χ4v) is 2.91. The van der Waals surface area contributed by atoms with Crippen molar-refractivity contribution in [2.75, 3.05) is 0 Å². The molecule has 0 amide bonds. The van der Waals surface area contributed by atoms with Crippen molar-refractivity contribution in [3.8, 4) is 5.88 Å². The fraction of sp³-hybridized carbons (Fsp3) is 0.375. The quantitative estimate of drug-likeness (QED) is 0.809. The molecular formula is C16H15F2NO2. The maximum atomic E-state index is 13.6. The Morgan fingerprint density at radius 2 is 2.05 bits per heavy atom. The van der Waals surface area contributed by atoms with E-state index < -0.39 is 11.6 Å². The molecule has 2 aromatic rings. The van der Waals surface area contributed by atoms with Gasteiger partial charge in [-0.15, -0.1) is 0 Å². The number of carbonyl (C=O) groups is 1. The normalized spacial score (nSPS) is 24.1. The second-order valence-corrected chi connectivity index (χ2v) is 5.46. The molecule has 0 saturated heterocycles. The van der Waals surface area contributed by atoms with E-state index in [4.69, 9.17) is 4.74 Å². The monoisotopic (exact) mass is 291 g/mol. The number of pyridine rings is 1. The SMILES string of the molecule is CCC1C(C)C1C(=O)Oc1ccc2c(F)c(F)ccc2n1. The molecule has 3 unspecified atom stereocenters. The summed E-state index contributed by atoms with van der Waals surface area (Å²) in [7, 11) is 0. The van der Waals surface area contributed by atoms with Crippen molar-refractivity contribution in [3.63, 3.8) is 0 Å². The average Bonchev–Trinajstić information content (AvgIpc) is 3.13. The Labute approximate surface area is 120 Å². The van der Waals surface area contributed by atoms with Gasteiger partial charge in [-0.3, -0.25) is 4.79 Å². The van der Waals surface area contributed by atoms with Crippen molar-refractivity contribution in [2.24, 2.45) is 17.8 Å². The lowest BCUT2D eigenvalue weighted by Gasteiger charge is -2.05. The number of esters is 1. The average molecular weight is 291 g/mol. The standard InChI is InChI=1S/C16H15F2NO2/c1-3-9-8(2)14(9)16(20)21-13-7-4-10-12(19-13)6-5-11(17)15(10)18/h4-9,14H,3H2,1-2H3. The molecule has 0 bridgehead atoms. The van der Waals surface area contributed by atoms with Gasteiger partial charge in [-0.05, 0) is 30.0 Å². The van der Waals surface area contributed by atoms with E-state index in [1.807, 2.05) is 13.8 Å². The van der Waals surface area contributed by atoms with Gasteiger partial charge >= 0.3 is 5.97 Å². The molecule has 1 saturated carbocycles. The minimum absolute atomic E-state index is 0.0704. The van der Waals surface area contributed by atoms with E-state index in [9.17, 15) is 13.6 Å².